The van der Waals surface area contributed by atoms with Crippen molar-refractivity contribution in [3.8, 4) is 5.75 Å². The van der Waals surface area contributed by atoms with Crippen molar-refractivity contribution < 1.29 is 14.3 Å². The van der Waals surface area contributed by atoms with Gasteiger partial charge in [-0.1, -0.05) is 18.2 Å². The van der Waals surface area contributed by atoms with Crippen molar-refractivity contribution in [3.05, 3.63) is 75.7 Å². The number of H-pyrrole nitrogens is 1. The maximum Gasteiger partial charge on any atom is 0.325 e. The van der Waals surface area contributed by atoms with Crippen molar-refractivity contribution >= 4 is 11.8 Å². The van der Waals surface area contributed by atoms with E-state index in [0.717, 1.165) is 48.4 Å². The lowest BCUT2D eigenvalue weighted by Crippen LogP contribution is -2.48. The number of nitrogens with zero attached hydrogens (tertiary/aromatic N) is 3. The Morgan fingerprint density at radius 1 is 1.17 bits per heavy atom. The van der Waals surface area contributed by atoms with E-state index in [9.17, 15) is 14.4 Å². The van der Waals surface area contributed by atoms with E-state index in [2.05, 4.69) is 14.9 Å². The summed E-state index contributed by atoms with van der Waals surface area (Å²) in [7, 11) is 1.56. The fraction of sp³-hybridized carbons (Fsp3) is 0.423. The molecule has 2 aromatic heterocycles. The number of aryl methyl sites for hydroxylation is 1. The second-order valence-electron chi connectivity index (χ2n) is 9.89. The van der Waals surface area contributed by atoms with Crippen LogP contribution in [0.25, 0.3) is 0 Å². The zero-order valence-electron chi connectivity index (χ0n) is 19.8. The number of amides is 2. The molecule has 35 heavy (non-hydrogen) atoms. The summed E-state index contributed by atoms with van der Waals surface area (Å²) >= 11 is 0. The normalized spacial score (nSPS) is 23.0. The summed E-state index contributed by atoms with van der Waals surface area (Å²) in [6.45, 7) is 2.05. The average molecular weight is 476 g/mol. The van der Waals surface area contributed by atoms with Crippen molar-refractivity contribution in [2.24, 2.45) is 7.05 Å². The zero-order chi connectivity index (χ0) is 24.2. The number of hydrogen-bond acceptors (Lipinski definition) is 4. The minimum atomic E-state index is -0.578. The van der Waals surface area contributed by atoms with E-state index >= 15 is 0 Å². The summed E-state index contributed by atoms with van der Waals surface area (Å²) in [6, 6.07) is 9.36. The molecule has 1 aromatic carbocycles. The molecule has 1 spiro atoms. The van der Waals surface area contributed by atoms with Crippen molar-refractivity contribution in [1.29, 1.82) is 0 Å². The number of carbonyl (C=O) groups excluding carboxylic acids is 2. The quantitative estimate of drug-likeness (QED) is 0.607. The highest BCUT2D eigenvalue weighted by Gasteiger charge is 2.48. The van der Waals surface area contributed by atoms with Gasteiger partial charge in [-0.3, -0.25) is 14.2 Å². The lowest BCUT2D eigenvalue weighted by atomic mass is 9.86. The highest BCUT2D eigenvalue weighted by Crippen LogP contribution is 2.44. The second kappa shape index (κ2) is 8.18. The average Bonchev–Trinajstić information content (AvgIpc) is 3.56. The van der Waals surface area contributed by atoms with Gasteiger partial charge in [-0.25, -0.2) is 4.79 Å². The fourth-order valence-corrected chi connectivity index (χ4v) is 5.83. The molecular formula is C26H29N5O4. The van der Waals surface area contributed by atoms with E-state index in [1.54, 1.807) is 7.05 Å². The van der Waals surface area contributed by atoms with Crippen LogP contribution in [0.1, 0.15) is 63.8 Å². The van der Waals surface area contributed by atoms with E-state index < -0.39 is 5.60 Å². The number of nitrogens with one attached hydrogen (secondary N) is 2. The van der Waals surface area contributed by atoms with Crippen LogP contribution in [0.15, 0.2) is 47.5 Å². The maximum absolute atomic E-state index is 13.5. The summed E-state index contributed by atoms with van der Waals surface area (Å²) in [5.74, 6) is 0.458. The molecule has 9 nitrogen and oxygen atoms in total. The minimum absolute atomic E-state index is 0.0582. The zero-order valence-corrected chi connectivity index (χ0v) is 19.8. The Hall–Kier alpha value is -3.75. The largest absolute Gasteiger partial charge is 0.485 e. The molecular weight excluding hydrogens is 446 g/mol. The number of aromatic amines is 1. The minimum Gasteiger partial charge on any atom is -0.485 e. The number of likely N-dealkylation sites (tertiary alicyclic amines) is 1. The van der Waals surface area contributed by atoms with E-state index in [4.69, 9.17) is 4.74 Å². The van der Waals surface area contributed by atoms with Crippen molar-refractivity contribution in [2.75, 3.05) is 13.1 Å². The molecule has 2 unspecified atom stereocenters. The molecule has 9 heteroatoms. The van der Waals surface area contributed by atoms with Crippen LogP contribution in [0.3, 0.4) is 0 Å². The molecule has 3 aliphatic rings. The van der Waals surface area contributed by atoms with Crippen LogP contribution in [-0.2, 0) is 20.0 Å². The first-order valence-electron chi connectivity index (χ1n) is 12.2. The molecule has 3 aromatic rings. The number of para-hydroxylation sites is 1. The van der Waals surface area contributed by atoms with Gasteiger partial charge in [0, 0.05) is 56.6 Å². The van der Waals surface area contributed by atoms with Gasteiger partial charge in [-0.15, -0.1) is 0 Å². The standard InChI is InChI=1S/C26H29N5O4/c1-29-21(15-27-25(29)34)23(32)28-19-14-26(35-22-8-3-2-6-17(19)22)10-13-31(16-26)24(33)18-9-12-30-11-5-4-7-20(18)30/h2-3,6,8-9,12,15,19H,4-5,7,10-11,13-14,16H2,1H3,(H,27,34)(H,28,32). The lowest BCUT2D eigenvalue weighted by Gasteiger charge is -2.40. The third-order valence-corrected chi connectivity index (χ3v) is 7.71. The number of rotatable bonds is 3. The summed E-state index contributed by atoms with van der Waals surface area (Å²) in [4.78, 5) is 42.8. The summed E-state index contributed by atoms with van der Waals surface area (Å²) in [6.07, 6.45) is 7.90. The molecule has 0 bridgehead atoms. The molecule has 5 heterocycles. The fourth-order valence-electron chi connectivity index (χ4n) is 5.83. The topological polar surface area (TPSA) is 101 Å². The Labute approximate surface area is 202 Å². The Bertz CT molecular complexity index is 1370. The first-order valence-corrected chi connectivity index (χ1v) is 12.2. The number of aromatic nitrogens is 3. The van der Waals surface area contributed by atoms with Crippen LogP contribution in [-0.4, -0.2) is 49.5 Å². The van der Waals surface area contributed by atoms with Crippen molar-refractivity contribution in [3.63, 3.8) is 0 Å². The Kier molecular flexibility index (Phi) is 5.09. The number of benzene rings is 1. The SMILES string of the molecule is Cn1c(C(=O)NC2CC3(CCN(C(=O)c4ccn5c4CCCC5)C3)Oc3ccccc32)c[nH]c1=O. The van der Waals surface area contributed by atoms with Gasteiger partial charge in [0.1, 0.15) is 17.0 Å². The summed E-state index contributed by atoms with van der Waals surface area (Å²) in [5, 5.41) is 3.10. The van der Waals surface area contributed by atoms with Gasteiger partial charge in [0.2, 0.25) is 0 Å². The van der Waals surface area contributed by atoms with Crippen LogP contribution in [0, 0.1) is 0 Å². The Balaban J connectivity index is 1.25. The Morgan fingerprint density at radius 3 is 2.86 bits per heavy atom. The molecule has 6 rings (SSSR count). The van der Waals surface area contributed by atoms with E-state index in [1.165, 1.54) is 10.8 Å². The monoisotopic (exact) mass is 475 g/mol. The van der Waals surface area contributed by atoms with Gasteiger partial charge in [-0.05, 0) is 31.4 Å². The number of fused-ring (bicyclic) bond motifs is 2. The van der Waals surface area contributed by atoms with E-state index in [1.807, 2.05) is 41.4 Å². The van der Waals surface area contributed by atoms with Gasteiger partial charge in [-0.2, -0.15) is 0 Å². The van der Waals surface area contributed by atoms with Gasteiger partial charge >= 0.3 is 5.69 Å². The molecule has 182 valence electrons. The molecule has 1 fully saturated rings. The predicted molar refractivity (Wildman–Crippen MR) is 129 cm³/mol. The number of imidazole rings is 1. The molecule has 0 aliphatic carbocycles. The van der Waals surface area contributed by atoms with E-state index in [0.29, 0.717) is 25.9 Å². The number of ether oxygens (including phenoxy) is 1. The van der Waals surface area contributed by atoms with Gasteiger partial charge in [0.15, 0.2) is 0 Å². The summed E-state index contributed by atoms with van der Waals surface area (Å²) in [5.41, 5.74) is 2.20. The third-order valence-electron chi connectivity index (χ3n) is 7.71. The maximum atomic E-state index is 13.5. The summed E-state index contributed by atoms with van der Waals surface area (Å²) < 4.78 is 10.0. The smallest absolute Gasteiger partial charge is 0.325 e. The van der Waals surface area contributed by atoms with Crippen LogP contribution >= 0.6 is 0 Å². The number of carbonyl (C=O) groups is 2. The predicted octanol–water partition coefficient (Wildman–Crippen LogP) is 2.39. The molecule has 1 saturated heterocycles. The lowest BCUT2D eigenvalue weighted by molar-refractivity contribution is 0.0350. The van der Waals surface area contributed by atoms with Gasteiger partial charge < -0.3 is 24.5 Å². The molecule has 3 aliphatic heterocycles. The first kappa shape index (κ1) is 21.8. The highest BCUT2D eigenvalue weighted by atomic mass is 16.5. The van der Waals surface area contributed by atoms with Crippen LogP contribution < -0.4 is 15.7 Å². The van der Waals surface area contributed by atoms with Crippen LogP contribution in [0.5, 0.6) is 5.75 Å². The van der Waals surface area contributed by atoms with Gasteiger partial charge in [0.05, 0.1) is 18.2 Å². The molecule has 2 atom stereocenters. The molecule has 0 saturated carbocycles. The van der Waals surface area contributed by atoms with Gasteiger partial charge in [0.25, 0.3) is 11.8 Å². The molecule has 0 radical (unpaired) electrons. The van der Waals surface area contributed by atoms with Crippen LogP contribution in [0.4, 0.5) is 0 Å². The molecule has 2 amide bonds. The van der Waals surface area contributed by atoms with E-state index in [-0.39, 0.29) is 29.2 Å². The number of hydrogen-bond donors (Lipinski definition) is 2. The van der Waals surface area contributed by atoms with Crippen molar-refractivity contribution in [1.82, 2.24) is 24.3 Å². The third kappa shape index (κ3) is 3.66. The highest BCUT2D eigenvalue weighted by molar-refractivity contribution is 5.96. The first-order chi connectivity index (χ1) is 16.9. The molecule has 2 N–H and O–H groups in total. The second-order valence-corrected chi connectivity index (χ2v) is 9.89. The van der Waals surface area contributed by atoms with Crippen molar-refractivity contribution in [2.45, 2.75) is 50.3 Å². The van der Waals surface area contributed by atoms with Crippen LogP contribution in [0.2, 0.25) is 0 Å². The Morgan fingerprint density at radius 2 is 2.03 bits per heavy atom.